The summed E-state index contributed by atoms with van der Waals surface area (Å²) in [5.74, 6) is -0.217. The maximum absolute atomic E-state index is 12.0. The molecule has 1 aliphatic heterocycles. The molecular weight excluding hydrogens is 246 g/mol. The van der Waals surface area contributed by atoms with E-state index < -0.39 is 5.54 Å². The molecule has 0 radical (unpaired) electrons. The lowest BCUT2D eigenvalue weighted by atomic mass is 9.87. The highest BCUT2D eigenvalue weighted by Crippen LogP contribution is 2.37. The van der Waals surface area contributed by atoms with Gasteiger partial charge in [0.2, 0.25) is 0 Å². The minimum Gasteiger partial charge on any atom is -0.467 e. The van der Waals surface area contributed by atoms with Gasteiger partial charge in [0, 0.05) is 4.88 Å². The van der Waals surface area contributed by atoms with Gasteiger partial charge >= 0.3 is 5.97 Å². The molecule has 0 aromatic carbocycles. The van der Waals surface area contributed by atoms with Crippen LogP contribution in [0.2, 0.25) is 4.34 Å². The standard InChI is InChI=1S/C11H14ClNO2S/c1-15-10(14)11(6-2-3-7-13-11)8-4-5-9(12)16-8/h4-5,13H,2-3,6-7H2,1H3. The number of hydrogen-bond acceptors (Lipinski definition) is 4. The third-order valence-electron chi connectivity index (χ3n) is 2.93. The van der Waals surface area contributed by atoms with E-state index in [1.54, 1.807) is 0 Å². The van der Waals surface area contributed by atoms with Crippen LogP contribution in [0.25, 0.3) is 0 Å². The van der Waals surface area contributed by atoms with Crippen molar-refractivity contribution >= 4 is 28.9 Å². The molecule has 1 saturated heterocycles. The van der Waals surface area contributed by atoms with Crippen LogP contribution in [-0.4, -0.2) is 19.6 Å². The third kappa shape index (κ3) is 1.97. The van der Waals surface area contributed by atoms with Gasteiger partial charge in [-0.25, -0.2) is 4.79 Å². The fraction of sp³-hybridized carbons (Fsp3) is 0.545. The largest absolute Gasteiger partial charge is 0.467 e. The molecule has 0 bridgehead atoms. The summed E-state index contributed by atoms with van der Waals surface area (Å²) in [5.41, 5.74) is -0.676. The number of rotatable bonds is 2. The number of methoxy groups -OCH3 is 1. The van der Waals surface area contributed by atoms with Gasteiger partial charge in [0.1, 0.15) is 0 Å². The van der Waals surface area contributed by atoms with Gasteiger partial charge in [-0.2, -0.15) is 0 Å². The van der Waals surface area contributed by atoms with Crippen LogP contribution in [0.3, 0.4) is 0 Å². The summed E-state index contributed by atoms with van der Waals surface area (Å²) in [6.07, 6.45) is 2.89. The van der Waals surface area contributed by atoms with Gasteiger partial charge < -0.3 is 4.74 Å². The molecule has 1 N–H and O–H groups in total. The molecule has 1 atom stereocenters. The van der Waals surface area contributed by atoms with E-state index in [4.69, 9.17) is 16.3 Å². The van der Waals surface area contributed by atoms with E-state index in [1.807, 2.05) is 12.1 Å². The molecule has 1 aromatic heterocycles. The Kier molecular flexibility index (Phi) is 3.52. The Hall–Kier alpha value is -0.580. The van der Waals surface area contributed by atoms with Gasteiger partial charge in [-0.1, -0.05) is 11.6 Å². The van der Waals surface area contributed by atoms with Crippen molar-refractivity contribution in [1.82, 2.24) is 5.32 Å². The fourth-order valence-corrected chi connectivity index (χ4v) is 3.33. The van der Waals surface area contributed by atoms with Crippen molar-refractivity contribution in [3.8, 4) is 0 Å². The summed E-state index contributed by atoms with van der Waals surface area (Å²) >= 11 is 7.37. The van der Waals surface area contributed by atoms with Crippen LogP contribution in [0.4, 0.5) is 0 Å². The highest BCUT2D eigenvalue weighted by molar-refractivity contribution is 7.16. The van der Waals surface area contributed by atoms with Crippen molar-refractivity contribution < 1.29 is 9.53 Å². The minimum atomic E-state index is -0.676. The molecule has 0 saturated carbocycles. The maximum Gasteiger partial charge on any atom is 0.331 e. The number of halogens is 1. The molecule has 5 heteroatoms. The van der Waals surface area contributed by atoms with Gasteiger partial charge in [-0.3, -0.25) is 5.32 Å². The highest BCUT2D eigenvalue weighted by atomic mass is 35.5. The first kappa shape index (κ1) is 11.9. The van der Waals surface area contributed by atoms with Gasteiger partial charge in [0.25, 0.3) is 0 Å². The summed E-state index contributed by atoms with van der Waals surface area (Å²) in [6, 6.07) is 3.73. The van der Waals surface area contributed by atoms with Crippen LogP contribution in [0, 0.1) is 0 Å². The number of carbonyl (C=O) groups is 1. The van der Waals surface area contributed by atoms with Crippen molar-refractivity contribution in [3.05, 3.63) is 21.3 Å². The number of thiophene rings is 1. The minimum absolute atomic E-state index is 0.217. The van der Waals surface area contributed by atoms with Crippen molar-refractivity contribution in [1.29, 1.82) is 0 Å². The SMILES string of the molecule is COC(=O)C1(c2ccc(Cl)s2)CCCCN1. The molecule has 2 rings (SSSR count). The zero-order valence-electron chi connectivity index (χ0n) is 9.09. The predicted molar refractivity (Wildman–Crippen MR) is 64.9 cm³/mol. The Morgan fingerprint density at radius 2 is 2.38 bits per heavy atom. The maximum atomic E-state index is 12.0. The lowest BCUT2D eigenvalue weighted by Crippen LogP contribution is -2.52. The number of carbonyl (C=O) groups excluding carboxylic acids is 1. The molecule has 0 spiro atoms. The Labute approximate surface area is 104 Å². The van der Waals surface area contributed by atoms with Gasteiger partial charge in [0.05, 0.1) is 11.4 Å². The van der Waals surface area contributed by atoms with Crippen LogP contribution in [0.1, 0.15) is 24.1 Å². The van der Waals surface area contributed by atoms with E-state index in [0.29, 0.717) is 4.34 Å². The van der Waals surface area contributed by atoms with E-state index in [1.165, 1.54) is 18.4 Å². The molecule has 88 valence electrons. The molecule has 1 fully saturated rings. The van der Waals surface area contributed by atoms with E-state index in [-0.39, 0.29) is 5.97 Å². The number of nitrogens with one attached hydrogen (secondary N) is 1. The summed E-state index contributed by atoms with van der Waals surface area (Å²) in [4.78, 5) is 12.9. The Morgan fingerprint density at radius 1 is 1.56 bits per heavy atom. The number of piperidine rings is 1. The zero-order valence-corrected chi connectivity index (χ0v) is 10.7. The fourth-order valence-electron chi connectivity index (χ4n) is 2.11. The van der Waals surface area contributed by atoms with Crippen molar-refractivity contribution in [2.75, 3.05) is 13.7 Å². The van der Waals surface area contributed by atoms with Gasteiger partial charge in [0.15, 0.2) is 5.54 Å². The molecule has 1 aliphatic rings. The molecule has 3 nitrogen and oxygen atoms in total. The molecule has 2 heterocycles. The van der Waals surface area contributed by atoms with E-state index in [0.717, 1.165) is 30.7 Å². The van der Waals surface area contributed by atoms with Crippen LogP contribution >= 0.6 is 22.9 Å². The lowest BCUT2D eigenvalue weighted by molar-refractivity contribution is -0.150. The third-order valence-corrected chi connectivity index (χ3v) is 4.33. The highest BCUT2D eigenvalue weighted by Gasteiger charge is 2.43. The smallest absolute Gasteiger partial charge is 0.331 e. The Balaban J connectivity index is 2.37. The predicted octanol–water partition coefficient (Wildman–Crippen LogP) is 2.54. The average molecular weight is 260 g/mol. The first-order valence-electron chi connectivity index (χ1n) is 5.28. The number of hydrogen-bond donors (Lipinski definition) is 1. The zero-order chi connectivity index (χ0) is 11.6. The molecular formula is C11H14ClNO2S. The Morgan fingerprint density at radius 3 is 2.88 bits per heavy atom. The van der Waals surface area contributed by atoms with E-state index in [2.05, 4.69) is 5.32 Å². The van der Waals surface area contributed by atoms with Crippen molar-refractivity contribution in [2.45, 2.75) is 24.8 Å². The molecule has 0 aliphatic carbocycles. The monoisotopic (exact) mass is 259 g/mol. The van der Waals surface area contributed by atoms with E-state index >= 15 is 0 Å². The second-order valence-corrected chi connectivity index (χ2v) is 5.60. The number of ether oxygens (including phenoxy) is 1. The van der Waals surface area contributed by atoms with Crippen LogP contribution in [0.5, 0.6) is 0 Å². The second-order valence-electron chi connectivity index (χ2n) is 3.88. The summed E-state index contributed by atoms with van der Waals surface area (Å²) < 4.78 is 5.62. The van der Waals surface area contributed by atoms with E-state index in [9.17, 15) is 4.79 Å². The molecule has 1 aromatic rings. The second kappa shape index (κ2) is 4.73. The molecule has 1 unspecified atom stereocenters. The topological polar surface area (TPSA) is 38.3 Å². The van der Waals surface area contributed by atoms with Crippen LogP contribution < -0.4 is 5.32 Å². The average Bonchev–Trinajstić information content (AvgIpc) is 2.76. The Bertz CT molecular complexity index is 385. The van der Waals surface area contributed by atoms with Gasteiger partial charge in [-0.05, 0) is 37.9 Å². The van der Waals surface area contributed by atoms with Crippen molar-refractivity contribution in [2.24, 2.45) is 0 Å². The van der Waals surface area contributed by atoms with Crippen LogP contribution in [-0.2, 0) is 15.1 Å². The number of esters is 1. The van der Waals surface area contributed by atoms with Crippen molar-refractivity contribution in [3.63, 3.8) is 0 Å². The first-order chi connectivity index (χ1) is 7.69. The summed E-state index contributed by atoms with van der Waals surface area (Å²) in [5, 5.41) is 3.29. The summed E-state index contributed by atoms with van der Waals surface area (Å²) in [7, 11) is 1.43. The normalized spacial score (nSPS) is 25.4. The lowest BCUT2D eigenvalue weighted by Gasteiger charge is -2.34. The van der Waals surface area contributed by atoms with Crippen LogP contribution in [0.15, 0.2) is 12.1 Å². The summed E-state index contributed by atoms with van der Waals surface area (Å²) in [6.45, 7) is 0.838. The molecule has 16 heavy (non-hydrogen) atoms. The quantitative estimate of drug-likeness (QED) is 0.830. The van der Waals surface area contributed by atoms with Gasteiger partial charge in [-0.15, -0.1) is 11.3 Å². The first-order valence-corrected chi connectivity index (χ1v) is 6.48. The molecule has 0 amide bonds.